The minimum atomic E-state index is -1.76. The van der Waals surface area contributed by atoms with Crippen LogP contribution in [0, 0.1) is 0 Å². The van der Waals surface area contributed by atoms with Gasteiger partial charge in [0.05, 0.1) is 12.3 Å². The number of hydrogen-bond donors (Lipinski definition) is 0. The maximum Gasteiger partial charge on any atom is 0.112 e. The van der Waals surface area contributed by atoms with E-state index in [0.29, 0.717) is 0 Å². The van der Waals surface area contributed by atoms with Gasteiger partial charge in [-0.1, -0.05) is 133 Å². The first-order chi connectivity index (χ1) is 24.8. The van der Waals surface area contributed by atoms with Gasteiger partial charge >= 0.3 is 0 Å². The lowest BCUT2D eigenvalue weighted by atomic mass is 10.1. The lowest BCUT2D eigenvalue weighted by Crippen LogP contribution is -2.33. The molecule has 0 radical (unpaired) electrons. The summed E-state index contributed by atoms with van der Waals surface area (Å²) < 4.78 is 0. The van der Waals surface area contributed by atoms with Crippen molar-refractivity contribution in [2.24, 2.45) is 0 Å². The Kier molecular flexibility index (Phi) is 13.2. The average Bonchev–Trinajstić information content (AvgIpc) is 3.20. The fraction of sp³-hybridized carbons (Fsp3) is 0.167. The maximum atomic E-state index is 2.44. The van der Waals surface area contributed by atoms with Gasteiger partial charge in [0.25, 0.3) is 0 Å². The van der Waals surface area contributed by atoms with Crippen molar-refractivity contribution in [1.29, 1.82) is 0 Å². The number of benzene rings is 6. The zero-order valence-corrected chi connectivity index (χ0v) is 31.0. The molecule has 6 aromatic rings. The van der Waals surface area contributed by atoms with Crippen molar-refractivity contribution in [3.63, 3.8) is 0 Å². The van der Waals surface area contributed by atoms with Crippen LogP contribution in [0.4, 0.5) is 0 Å². The Balaban J connectivity index is 1.04. The van der Waals surface area contributed by atoms with Crippen LogP contribution in [0.3, 0.4) is 0 Å². The van der Waals surface area contributed by atoms with Crippen LogP contribution >= 0.6 is 14.5 Å². The number of rotatable bonds is 17. The molecular weight excluding hydrogens is 638 g/mol. The molecule has 6 rings (SSSR count). The van der Waals surface area contributed by atoms with Crippen LogP contribution in [0.15, 0.2) is 206 Å². The first-order valence-electron chi connectivity index (χ1n) is 18.2. The first kappa shape index (κ1) is 35.5. The topological polar surface area (TPSA) is 0 Å². The monoisotopic (exact) mass is 688 g/mol. The summed E-state index contributed by atoms with van der Waals surface area (Å²) in [5, 5.41) is 8.80. The molecule has 0 spiro atoms. The molecule has 0 N–H and O–H groups in total. The van der Waals surface area contributed by atoms with Gasteiger partial charge in [0.1, 0.15) is 46.4 Å². The van der Waals surface area contributed by atoms with Crippen molar-refractivity contribution in [1.82, 2.24) is 0 Å². The Hall–Kier alpha value is -4.34. The number of hydrogen-bond acceptors (Lipinski definition) is 0. The summed E-state index contributed by atoms with van der Waals surface area (Å²) in [5.41, 5.74) is 0. The largest absolute Gasteiger partial charge is 0.112 e. The van der Waals surface area contributed by atoms with Gasteiger partial charge in [0, 0.05) is 12.8 Å². The lowest BCUT2D eigenvalue weighted by molar-refractivity contribution is 0.759. The predicted molar refractivity (Wildman–Crippen MR) is 226 cm³/mol. The smallest absolute Gasteiger partial charge is 0.0884 e. The molecule has 0 saturated carbocycles. The second-order valence-corrected chi connectivity index (χ2v) is 20.1. The zero-order valence-electron chi connectivity index (χ0n) is 29.2. The third-order valence-corrected chi connectivity index (χ3v) is 18.7. The maximum absolute atomic E-state index is 2.44. The molecule has 250 valence electrons. The molecular formula is C48H50P2+2. The summed E-state index contributed by atoms with van der Waals surface area (Å²) in [4.78, 5) is 0. The standard InChI is InChI=1S/C48H50P2/c1(3-5-7-27-41-49(43-29-15-9-16-30-43,44-31-17-10-18-32-44)45-33-19-11-20-34-45)2-4-6-8-28-42-50(46-35-21-12-22-36-46,47-37-23-13-24-38-47)48-39-25-14-26-40-48/h5-26,29-40H,1-4,27-28,41-42H2/q+2/b7-5-,8-6-. The van der Waals surface area contributed by atoms with E-state index in [1.165, 1.54) is 44.7 Å². The van der Waals surface area contributed by atoms with Crippen molar-refractivity contribution in [2.45, 2.75) is 38.5 Å². The van der Waals surface area contributed by atoms with Gasteiger partial charge in [-0.25, -0.2) is 0 Å². The third kappa shape index (κ3) is 8.50. The molecule has 0 aromatic heterocycles. The van der Waals surface area contributed by atoms with Crippen LogP contribution in [-0.2, 0) is 0 Å². The van der Waals surface area contributed by atoms with E-state index in [4.69, 9.17) is 0 Å². The van der Waals surface area contributed by atoms with Crippen molar-refractivity contribution in [3.8, 4) is 0 Å². The highest BCUT2D eigenvalue weighted by atomic mass is 31.2. The Labute approximate surface area is 302 Å². The highest BCUT2D eigenvalue weighted by Crippen LogP contribution is 2.56. The van der Waals surface area contributed by atoms with Crippen molar-refractivity contribution >= 4 is 46.4 Å². The Bertz CT molecular complexity index is 1530. The summed E-state index contributed by atoms with van der Waals surface area (Å²) in [5.74, 6) is 0. The predicted octanol–water partition coefficient (Wildman–Crippen LogP) is 10.4. The second-order valence-electron chi connectivity index (χ2n) is 12.9. The van der Waals surface area contributed by atoms with E-state index in [2.05, 4.69) is 206 Å². The van der Waals surface area contributed by atoms with Gasteiger partial charge in [-0.3, -0.25) is 0 Å². The SMILES string of the molecule is C(=C/CC[P+](c1ccccc1)(c1ccccc1)c1ccccc1)/CCCC/C=C\CC[P+](c1ccccc1)(c1ccccc1)c1ccccc1. The molecule has 0 amide bonds. The molecule has 0 aliphatic rings. The summed E-state index contributed by atoms with van der Waals surface area (Å²) in [6.45, 7) is 0. The Morgan fingerprint density at radius 3 is 0.680 bits per heavy atom. The molecule has 0 heterocycles. The van der Waals surface area contributed by atoms with Crippen LogP contribution in [0.5, 0.6) is 0 Å². The molecule has 0 aliphatic carbocycles. The van der Waals surface area contributed by atoms with E-state index < -0.39 is 14.5 Å². The van der Waals surface area contributed by atoms with Crippen LogP contribution in [-0.4, -0.2) is 12.3 Å². The van der Waals surface area contributed by atoms with Crippen LogP contribution in [0.2, 0.25) is 0 Å². The number of unbranched alkanes of at least 4 members (excludes halogenated alkanes) is 3. The van der Waals surface area contributed by atoms with E-state index >= 15 is 0 Å². The summed E-state index contributed by atoms with van der Waals surface area (Å²) >= 11 is 0. The van der Waals surface area contributed by atoms with Crippen molar-refractivity contribution in [3.05, 3.63) is 206 Å². The van der Waals surface area contributed by atoms with E-state index in [9.17, 15) is 0 Å². The zero-order chi connectivity index (χ0) is 34.2. The normalized spacial score (nSPS) is 12.1. The highest BCUT2D eigenvalue weighted by Gasteiger charge is 2.45. The van der Waals surface area contributed by atoms with Gasteiger partial charge in [0.2, 0.25) is 0 Å². The van der Waals surface area contributed by atoms with E-state index in [0.717, 1.165) is 38.0 Å². The third-order valence-electron chi connectivity index (χ3n) is 9.77. The summed E-state index contributed by atoms with van der Waals surface area (Å²) in [6.07, 6.45) is 18.9. The molecule has 0 atom stereocenters. The molecule has 0 unspecified atom stereocenters. The molecule has 0 aliphatic heterocycles. The van der Waals surface area contributed by atoms with Gasteiger partial charge < -0.3 is 0 Å². The van der Waals surface area contributed by atoms with Gasteiger partial charge in [0.15, 0.2) is 0 Å². The molecule has 2 heteroatoms. The Morgan fingerprint density at radius 1 is 0.260 bits per heavy atom. The van der Waals surface area contributed by atoms with E-state index in [-0.39, 0.29) is 0 Å². The molecule has 6 aromatic carbocycles. The van der Waals surface area contributed by atoms with Gasteiger partial charge in [-0.05, 0) is 98.5 Å². The number of allylic oxidation sites excluding steroid dienone is 4. The summed E-state index contributed by atoms with van der Waals surface area (Å²) in [7, 11) is -3.52. The first-order valence-corrected chi connectivity index (χ1v) is 22.2. The minimum absolute atomic E-state index is 1.08. The minimum Gasteiger partial charge on any atom is -0.0884 e. The fourth-order valence-corrected chi connectivity index (χ4v) is 15.8. The molecule has 0 saturated heterocycles. The van der Waals surface area contributed by atoms with Crippen molar-refractivity contribution in [2.75, 3.05) is 12.3 Å². The highest BCUT2D eigenvalue weighted by molar-refractivity contribution is 7.96. The molecule has 0 fully saturated rings. The fourth-order valence-electron chi connectivity index (χ4n) is 7.30. The Morgan fingerprint density at radius 2 is 0.460 bits per heavy atom. The quantitative estimate of drug-likeness (QED) is 0.0508. The summed E-state index contributed by atoms with van der Waals surface area (Å²) in [6, 6.07) is 67.4. The molecule has 0 nitrogen and oxygen atoms in total. The average molecular weight is 689 g/mol. The molecule has 0 bridgehead atoms. The van der Waals surface area contributed by atoms with Gasteiger partial charge in [-0.15, -0.1) is 0 Å². The van der Waals surface area contributed by atoms with Crippen LogP contribution in [0.25, 0.3) is 0 Å². The van der Waals surface area contributed by atoms with Crippen LogP contribution < -0.4 is 31.8 Å². The van der Waals surface area contributed by atoms with E-state index in [1.807, 2.05) is 0 Å². The van der Waals surface area contributed by atoms with E-state index in [1.54, 1.807) is 0 Å². The molecule has 50 heavy (non-hydrogen) atoms. The van der Waals surface area contributed by atoms with Crippen LogP contribution in [0.1, 0.15) is 38.5 Å². The lowest BCUT2D eigenvalue weighted by Gasteiger charge is -2.27. The van der Waals surface area contributed by atoms with Gasteiger partial charge in [-0.2, -0.15) is 0 Å². The second kappa shape index (κ2) is 18.6. The van der Waals surface area contributed by atoms with Crippen molar-refractivity contribution < 1.29 is 0 Å².